The van der Waals surface area contributed by atoms with Crippen molar-refractivity contribution in [2.45, 2.75) is 45.6 Å². The number of rotatable bonds is 6. The quantitative estimate of drug-likeness (QED) is 0.831. The molecule has 1 aliphatic carbocycles. The molecule has 1 aromatic carbocycles. The van der Waals surface area contributed by atoms with Crippen molar-refractivity contribution in [3.8, 4) is 5.69 Å². The number of hydrogen-bond donors (Lipinski definition) is 2. The van der Waals surface area contributed by atoms with E-state index in [1.54, 1.807) is 18.2 Å². The number of carbonyl (C=O) groups is 2. The van der Waals surface area contributed by atoms with Gasteiger partial charge in [-0.05, 0) is 43.7 Å². The summed E-state index contributed by atoms with van der Waals surface area (Å²) >= 11 is 0. The summed E-state index contributed by atoms with van der Waals surface area (Å²) in [6, 6.07) is 5.30. The molecule has 138 valence electrons. The SMILES string of the molecule is CC(C)C[C@@H](NC(=O)c1nn(-c2ccccc2F)c2c1CCC2)C(=O)O. The van der Waals surface area contributed by atoms with Gasteiger partial charge in [-0.25, -0.2) is 13.9 Å². The van der Waals surface area contributed by atoms with Crippen molar-refractivity contribution in [2.75, 3.05) is 0 Å². The molecule has 0 saturated heterocycles. The molecule has 1 aliphatic rings. The predicted molar refractivity (Wildman–Crippen MR) is 93.9 cm³/mol. The van der Waals surface area contributed by atoms with Crippen molar-refractivity contribution in [1.29, 1.82) is 0 Å². The molecule has 0 spiro atoms. The van der Waals surface area contributed by atoms with Gasteiger partial charge in [-0.3, -0.25) is 4.79 Å². The molecule has 0 bridgehead atoms. The number of hydrogen-bond acceptors (Lipinski definition) is 3. The van der Waals surface area contributed by atoms with E-state index in [1.807, 2.05) is 13.8 Å². The van der Waals surface area contributed by atoms with Gasteiger partial charge in [0.25, 0.3) is 5.91 Å². The van der Waals surface area contributed by atoms with Gasteiger partial charge in [-0.2, -0.15) is 5.10 Å². The molecule has 0 unspecified atom stereocenters. The number of carbonyl (C=O) groups excluding carboxylic acids is 1. The summed E-state index contributed by atoms with van der Waals surface area (Å²) in [4.78, 5) is 24.1. The third-order valence-electron chi connectivity index (χ3n) is 4.54. The van der Waals surface area contributed by atoms with Crippen LogP contribution in [0.25, 0.3) is 5.69 Å². The highest BCUT2D eigenvalue weighted by atomic mass is 19.1. The molecule has 0 fully saturated rings. The lowest BCUT2D eigenvalue weighted by atomic mass is 10.0. The first-order chi connectivity index (χ1) is 12.4. The Hall–Kier alpha value is -2.70. The van der Waals surface area contributed by atoms with Crippen LogP contribution in [0, 0.1) is 11.7 Å². The number of nitrogens with zero attached hydrogens (tertiary/aromatic N) is 2. The van der Waals surface area contributed by atoms with Crippen LogP contribution in [0.1, 0.15) is 48.4 Å². The molecule has 26 heavy (non-hydrogen) atoms. The summed E-state index contributed by atoms with van der Waals surface area (Å²) in [5, 5.41) is 16.2. The summed E-state index contributed by atoms with van der Waals surface area (Å²) in [7, 11) is 0. The minimum atomic E-state index is -1.07. The van der Waals surface area contributed by atoms with E-state index in [-0.39, 0.29) is 11.6 Å². The number of halogens is 1. The normalized spacial score (nSPS) is 14.3. The average molecular weight is 359 g/mol. The average Bonchev–Trinajstić information content (AvgIpc) is 3.16. The number of carboxylic acids is 1. The Labute approximate surface area is 151 Å². The van der Waals surface area contributed by atoms with E-state index in [4.69, 9.17) is 0 Å². The maximum absolute atomic E-state index is 14.2. The number of nitrogens with one attached hydrogen (secondary N) is 1. The van der Waals surface area contributed by atoms with Crippen molar-refractivity contribution in [3.63, 3.8) is 0 Å². The Morgan fingerprint density at radius 1 is 1.31 bits per heavy atom. The first-order valence-electron chi connectivity index (χ1n) is 8.77. The smallest absolute Gasteiger partial charge is 0.326 e. The number of benzene rings is 1. The van der Waals surface area contributed by atoms with Crippen molar-refractivity contribution in [2.24, 2.45) is 5.92 Å². The van der Waals surface area contributed by atoms with Gasteiger partial charge in [0.1, 0.15) is 17.5 Å². The van der Waals surface area contributed by atoms with Crippen LogP contribution in [-0.4, -0.2) is 32.8 Å². The minimum absolute atomic E-state index is 0.123. The molecule has 2 aromatic rings. The number of aliphatic carboxylic acids is 1. The van der Waals surface area contributed by atoms with E-state index in [0.29, 0.717) is 24.9 Å². The Morgan fingerprint density at radius 3 is 2.69 bits per heavy atom. The Morgan fingerprint density at radius 2 is 2.04 bits per heavy atom. The molecule has 7 heteroatoms. The van der Waals surface area contributed by atoms with E-state index in [0.717, 1.165) is 17.7 Å². The zero-order valence-electron chi connectivity index (χ0n) is 14.8. The topological polar surface area (TPSA) is 84.2 Å². The molecule has 2 N–H and O–H groups in total. The molecule has 0 aliphatic heterocycles. The second-order valence-electron chi connectivity index (χ2n) is 6.98. The fourth-order valence-corrected chi connectivity index (χ4v) is 3.36. The highest BCUT2D eigenvalue weighted by molar-refractivity contribution is 5.96. The van der Waals surface area contributed by atoms with E-state index in [2.05, 4.69) is 10.4 Å². The van der Waals surface area contributed by atoms with Crippen LogP contribution in [0.5, 0.6) is 0 Å². The highest BCUT2D eigenvalue weighted by Gasteiger charge is 2.30. The summed E-state index contributed by atoms with van der Waals surface area (Å²) < 4.78 is 15.7. The summed E-state index contributed by atoms with van der Waals surface area (Å²) in [6.07, 6.45) is 2.57. The summed E-state index contributed by atoms with van der Waals surface area (Å²) in [6.45, 7) is 3.79. The van der Waals surface area contributed by atoms with Crippen LogP contribution in [0.4, 0.5) is 4.39 Å². The number of para-hydroxylation sites is 1. The zero-order valence-corrected chi connectivity index (χ0v) is 14.8. The molecule has 1 heterocycles. The van der Waals surface area contributed by atoms with Crippen molar-refractivity contribution < 1.29 is 19.1 Å². The van der Waals surface area contributed by atoms with E-state index < -0.39 is 23.7 Å². The van der Waals surface area contributed by atoms with E-state index in [1.165, 1.54) is 10.7 Å². The van der Waals surface area contributed by atoms with Crippen LogP contribution < -0.4 is 5.32 Å². The fraction of sp³-hybridized carbons (Fsp3) is 0.421. The van der Waals surface area contributed by atoms with Gasteiger partial charge in [0.15, 0.2) is 5.69 Å². The third-order valence-corrected chi connectivity index (χ3v) is 4.54. The first kappa shape index (κ1) is 18.1. The third kappa shape index (κ3) is 3.47. The maximum atomic E-state index is 14.2. The lowest BCUT2D eigenvalue weighted by molar-refractivity contribution is -0.139. The van der Waals surface area contributed by atoms with Gasteiger partial charge >= 0.3 is 5.97 Å². The molecule has 6 nitrogen and oxygen atoms in total. The minimum Gasteiger partial charge on any atom is -0.480 e. The zero-order chi connectivity index (χ0) is 18.8. The van der Waals surface area contributed by atoms with Crippen LogP contribution in [-0.2, 0) is 17.6 Å². The molecule has 1 amide bonds. The molecule has 0 radical (unpaired) electrons. The second-order valence-corrected chi connectivity index (χ2v) is 6.98. The first-order valence-corrected chi connectivity index (χ1v) is 8.77. The lowest BCUT2D eigenvalue weighted by Crippen LogP contribution is -2.42. The van der Waals surface area contributed by atoms with Crippen molar-refractivity contribution in [3.05, 3.63) is 47.0 Å². The number of fused-ring (bicyclic) bond motifs is 1. The number of amides is 1. The Kier molecular flexibility index (Phi) is 5.06. The van der Waals surface area contributed by atoms with Gasteiger partial charge in [-0.1, -0.05) is 26.0 Å². The van der Waals surface area contributed by atoms with Crippen LogP contribution in [0.15, 0.2) is 24.3 Å². The van der Waals surface area contributed by atoms with Crippen molar-refractivity contribution >= 4 is 11.9 Å². The van der Waals surface area contributed by atoms with E-state index in [9.17, 15) is 19.1 Å². The number of aromatic nitrogens is 2. The highest BCUT2D eigenvalue weighted by Crippen LogP contribution is 2.28. The second kappa shape index (κ2) is 7.27. The molecule has 0 saturated carbocycles. The van der Waals surface area contributed by atoms with Gasteiger partial charge in [0, 0.05) is 11.3 Å². The fourth-order valence-electron chi connectivity index (χ4n) is 3.36. The molecule has 1 atom stereocenters. The summed E-state index contributed by atoms with van der Waals surface area (Å²) in [5.41, 5.74) is 2.08. The van der Waals surface area contributed by atoms with Gasteiger partial charge < -0.3 is 10.4 Å². The Bertz CT molecular complexity index is 845. The van der Waals surface area contributed by atoms with Gasteiger partial charge in [-0.15, -0.1) is 0 Å². The van der Waals surface area contributed by atoms with Crippen molar-refractivity contribution in [1.82, 2.24) is 15.1 Å². The Balaban J connectivity index is 1.94. The number of carboxylic acid groups (broad SMARTS) is 1. The lowest BCUT2D eigenvalue weighted by Gasteiger charge is -2.16. The monoisotopic (exact) mass is 359 g/mol. The standard InChI is InChI=1S/C19H22FN3O3/c1-11(2)10-14(19(25)26)21-18(24)17-12-6-5-9-15(12)23(22-17)16-8-4-3-7-13(16)20/h3-4,7-8,11,14H,5-6,9-10H2,1-2H3,(H,21,24)(H,25,26)/t14-/m1/s1. The molecular weight excluding hydrogens is 337 g/mol. The van der Waals surface area contributed by atoms with Crippen LogP contribution >= 0.6 is 0 Å². The largest absolute Gasteiger partial charge is 0.480 e. The van der Waals surface area contributed by atoms with Gasteiger partial charge in [0.05, 0.1) is 0 Å². The maximum Gasteiger partial charge on any atom is 0.326 e. The van der Waals surface area contributed by atoms with Crippen LogP contribution in [0.3, 0.4) is 0 Å². The molecule has 3 rings (SSSR count). The molecule has 1 aromatic heterocycles. The predicted octanol–water partition coefficient (Wildman–Crippen LogP) is 2.73. The van der Waals surface area contributed by atoms with Gasteiger partial charge in [0.2, 0.25) is 0 Å². The van der Waals surface area contributed by atoms with Crippen LogP contribution in [0.2, 0.25) is 0 Å². The van der Waals surface area contributed by atoms with E-state index >= 15 is 0 Å². The molecular formula is C19H22FN3O3. The summed E-state index contributed by atoms with van der Waals surface area (Å²) in [5.74, 6) is -1.89.